The van der Waals surface area contributed by atoms with E-state index in [2.05, 4.69) is 20.9 Å². The predicted molar refractivity (Wildman–Crippen MR) is 110 cm³/mol. The number of amides is 1. The molecule has 0 bridgehead atoms. The lowest BCUT2D eigenvalue weighted by molar-refractivity contribution is 0.129. The summed E-state index contributed by atoms with van der Waals surface area (Å²) in [4.78, 5) is 16.6. The molecule has 0 saturated carbocycles. The average molecular weight is 378 g/mol. The molecule has 1 aliphatic rings. The number of rotatable bonds is 5. The third-order valence-corrected chi connectivity index (χ3v) is 5.12. The van der Waals surface area contributed by atoms with Crippen LogP contribution in [0.1, 0.15) is 30.8 Å². The monoisotopic (exact) mass is 378 g/mol. The van der Waals surface area contributed by atoms with Crippen molar-refractivity contribution in [2.24, 2.45) is 5.92 Å². The van der Waals surface area contributed by atoms with Gasteiger partial charge in [0.15, 0.2) is 0 Å². The molecule has 146 valence electrons. The molecule has 0 radical (unpaired) electrons. The molecule has 1 aliphatic carbocycles. The first-order valence-electron chi connectivity index (χ1n) is 9.74. The molecule has 3 N–H and O–H groups in total. The molecule has 1 atom stereocenters. The lowest BCUT2D eigenvalue weighted by Crippen LogP contribution is -2.36. The van der Waals surface area contributed by atoms with Gasteiger partial charge in [-0.15, -0.1) is 0 Å². The Hall–Kier alpha value is -3.02. The summed E-state index contributed by atoms with van der Waals surface area (Å²) in [6.45, 7) is 5.17. The molecule has 6 heteroatoms. The fourth-order valence-corrected chi connectivity index (χ4v) is 3.89. The Balaban J connectivity index is 1.61. The lowest BCUT2D eigenvalue weighted by atomic mass is 10.1. The maximum Gasteiger partial charge on any atom is 0.407 e. The van der Waals surface area contributed by atoms with Gasteiger partial charge in [0.1, 0.15) is 0 Å². The summed E-state index contributed by atoms with van der Waals surface area (Å²) in [6.07, 6.45) is 3.02. The molecule has 28 heavy (non-hydrogen) atoms. The molecule has 2 aromatic heterocycles. The van der Waals surface area contributed by atoms with E-state index in [0.29, 0.717) is 19.1 Å². The Kier molecular flexibility index (Phi) is 4.94. The Morgan fingerprint density at radius 3 is 2.93 bits per heavy atom. The summed E-state index contributed by atoms with van der Waals surface area (Å²) >= 11 is 0. The molecule has 1 aromatic carbocycles. The highest BCUT2D eigenvalue weighted by atomic mass is 16.5. The van der Waals surface area contributed by atoms with Crippen molar-refractivity contribution >= 4 is 22.7 Å². The molecule has 0 aliphatic heterocycles. The van der Waals surface area contributed by atoms with Gasteiger partial charge in [0.05, 0.1) is 18.8 Å². The van der Waals surface area contributed by atoms with E-state index >= 15 is 0 Å². The van der Waals surface area contributed by atoms with Gasteiger partial charge in [-0.3, -0.25) is 4.98 Å². The summed E-state index contributed by atoms with van der Waals surface area (Å²) in [5.41, 5.74) is 11.5. The van der Waals surface area contributed by atoms with Crippen molar-refractivity contribution in [3.8, 4) is 0 Å². The standard InChI is InChI=1S/C22H26N4O2/c1-14(2)13-28-22(27)25-17-10-19-18-9-15(23)6-7-20(18)26(21(19)11-17)12-16-5-3-4-8-24-16/h3-9,14,17H,10-13,23H2,1-2H3,(H,25,27)/t17-/m1/s1. The fraction of sp³-hybridized carbons (Fsp3) is 0.364. The van der Waals surface area contributed by atoms with Crippen LogP contribution in [0, 0.1) is 5.92 Å². The number of nitrogens with two attached hydrogens (primary N) is 1. The largest absolute Gasteiger partial charge is 0.449 e. The maximum atomic E-state index is 12.1. The van der Waals surface area contributed by atoms with Gasteiger partial charge in [0.25, 0.3) is 0 Å². The lowest BCUT2D eigenvalue weighted by Gasteiger charge is -2.15. The van der Waals surface area contributed by atoms with Crippen LogP contribution in [0.3, 0.4) is 0 Å². The SMILES string of the molecule is CC(C)COC(=O)N[C@@H]1Cc2c(n(Cc3ccccn3)c3ccc(N)cc23)C1. The van der Waals surface area contributed by atoms with Crippen molar-refractivity contribution in [2.45, 2.75) is 39.3 Å². The molecule has 0 unspecified atom stereocenters. The zero-order valence-electron chi connectivity index (χ0n) is 16.3. The van der Waals surface area contributed by atoms with Gasteiger partial charge < -0.3 is 20.4 Å². The topological polar surface area (TPSA) is 82.2 Å². The zero-order chi connectivity index (χ0) is 19.7. The van der Waals surface area contributed by atoms with Gasteiger partial charge in [-0.2, -0.15) is 0 Å². The number of nitrogens with zero attached hydrogens (tertiary/aromatic N) is 2. The van der Waals surface area contributed by atoms with Gasteiger partial charge in [-0.25, -0.2) is 4.79 Å². The van der Waals surface area contributed by atoms with Crippen LogP contribution in [0.2, 0.25) is 0 Å². The molecule has 0 spiro atoms. The third-order valence-electron chi connectivity index (χ3n) is 5.12. The fourth-order valence-electron chi connectivity index (χ4n) is 3.89. The zero-order valence-corrected chi connectivity index (χ0v) is 16.3. The number of pyridine rings is 1. The summed E-state index contributed by atoms with van der Waals surface area (Å²) in [5.74, 6) is 0.321. The van der Waals surface area contributed by atoms with Crippen molar-refractivity contribution in [3.63, 3.8) is 0 Å². The number of carbonyl (C=O) groups is 1. The van der Waals surface area contributed by atoms with Crippen LogP contribution in [-0.4, -0.2) is 28.3 Å². The Morgan fingerprint density at radius 2 is 2.18 bits per heavy atom. The van der Waals surface area contributed by atoms with Crippen LogP contribution >= 0.6 is 0 Å². The van der Waals surface area contributed by atoms with Crippen molar-refractivity contribution in [1.29, 1.82) is 0 Å². The Labute approximate surface area is 164 Å². The molecule has 0 fully saturated rings. The minimum absolute atomic E-state index is 0.0328. The van der Waals surface area contributed by atoms with Crippen molar-refractivity contribution in [3.05, 3.63) is 59.5 Å². The van der Waals surface area contributed by atoms with Crippen LogP contribution in [0.25, 0.3) is 10.9 Å². The van der Waals surface area contributed by atoms with E-state index in [1.54, 1.807) is 0 Å². The van der Waals surface area contributed by atoms with E-state index in [-0.39, 0.29) is 12.1 Å². The molecule has 6 nitrogen and oxygen atoms in total. The number of anilines is 1. The van der Waals surface area contributed by atoms with E-state index < -0.39 is 0 Å². The van der Waals surface area contributed by atoms with Gasteiger partial charge in [0, 0.05) is 40.9 Å². The minimum Gasteiger partial charge on any atom is -0.449 e. The second kappa shape index (κ2) is 7.54. The van der Waals surface area contributed by atoms with Crippen LogP contribution in [0.4, 0.5) is 10.5 Å². The van der Waals surface area contributed by atoms with Crippen molar-refractivity contribution in [1.82, 2.24) is 14.9 Å². The van der Waals surface area contributed by atoms with E-state index in [9.17, 15) is 4.79 Å². The summed E-state index contributed by atoms with van der Waals surface area (Å²) in [6, 6.07) is 12.0. The molecule has 3 aromatic rings. The normalized spacial score (nSPS) is 15.8. The van der Waals surface area contributed by atoms with E-state index in [4.69, 9.17) is 10.5 Å². The number of fused-ring (bicyclic) bond motifs is 3. The van der Waals surface area contributed by atoms with Gasteiger partial charge in [-0.05, 0) is 48.2 Å². The van der Waals surface area contributed by atoms with E-state index in [1.807, 2.05) is 50.4 Å². The highest BCUT2D eigenvalue weighted by Gasteiger charge is 2.30. The average Bonchev–Trinajstić information content (AvgIpc) is 3.19. The van der Waals surface area contributed by atoms with E-state index in [1.165, 1.54) is 11.3 Å². The number of nitrogen functional groups attached to an aromatic ring is 1. The Bertz CT molecular complexity index is 995. The first-order valence-corrected chi connectivity index (χ1v) is 9.74. The minimum atomic E-state index is -0.344. The number of aromatic nitrogens is 2. The Morgan fingerprint density at radius 1 is 1.32 bits per heavy atom. The predicted octanol–water partition coefficient (Wildman–Crippen LogP) is 3.52. The summed E-state index contributed by atoms with van der Waals surface area (Å²) < 4.78 is 7.59. The molecule has 1 amide bonds. The first kappa shape index (κ1) is 18.3. The van der Waals surface area contributed by atoms with Gasteiger partial charge in [-0.1, -0.05) is 19.9 Å². The number of benzene rings is 1. The second-order valence-electron chi connectivity index (χ2n) is 7.85. The van der Waals surface area contributed by atoms with Crippen LogP contribution < -0.4 is 11.1 Å². The molecule has 2 heterocycles. The number of hydrogen-bond acceptors (Lipinski definition) is 4. The number of alkyl carbamates (subject to hydrolysis) is 1. The van der Waals surface area contributed by atoms with Gasteiger partial charge in [0.2, 0.25) is 0 Å². The number of ether oxygens (including phenoxy) is 1. The number of nitrogens with one attached hydrogen (secondary N) is 1. The van der Waals surface area contributed by atoms with Gasteiger partial charge >= 0.3 is 6.09 Å². The molecular formula is C22H26N4O2. The number of carbonyl (C=O) groups excluding carboxylic acids is 1. The highest BCUT2D eigenvalue weighted by molar-refractivity contribution is 5.89. The third kappa shape index (κ3) is 3.67. The first-order chi connectivity index (χ1) is 13.5. The summed E-state index contributed by atoms with van der Waals surface area (Å²) in [7, 11) is 0. The maximum absolute atomic E-state index is 12.1. The van der Waals surface area contributed by atoms with Crippen LogP contribution in [0.15, 0.2) is 42.6 Å². The molecule has 0 saturated heterocycles. The number of hydrogen-bond donors (Lipinski definition) is 2. The second-order valence-corrected chi connectivity index (χ2v) is 7.85. The smallest absolute Gasteiger partial charge is 0.407 e. The molecule has 4 rings (SSSR count). The van der Waals surface area contributed by atoms with Crippen molar-refractivity contribution < 1.29 is 9.53 Å². The van der Waals surface area contributed by atoms with Crippen LogP contribution in [-0.2, 0) is 24.1 Å². The van der Waals surface area contributed by atoms with E-state index in [0.717, 1.165) is 35.1 Å². The van der Waals surface area contributed by atoms with Crippen LogP contribution in [0.5, 0.6) is 0 Å². The van der Waals surface area contributed by atoms with Crippen molar-refractivity contribution in [2.75, 3.05) is 12.3 Å². The summed E-state index contributed by atoms with van der Waals surface area (Å²) in [5, 5.41) is 4.17. The molecular weight excluding hydrogens is 352 g/mol. The highest BCUT2D eigenvalue weighted by Crippen LogP contribution is 2.35. The quantitative estimate of drug-likeness (QED) is 0.666.